The van der Waals surface area contributed by atoms with Crippen LogP contribution in [0.3, 0.4) is 0 Å². The van der Waals surface area contributed by atoms with Gasteiger partial charge in [-0.25, -0.2) is 9.18 Å². The van der Waals surface area contributed by atoms with E-state index in [1.54, 1.807) is 6.07 Å². The highest BCUT2D eigenvalue weighted by atomic mass is 19.1. The molecular weight excluding hydrogens is 211 g/mol. The number of aromatic nitrogens is 1. The average molecular weight is 220 g/mol. The summed E-state index contributed by atoms with van der Waals surface area (Å²) in [5.41, 5.74) is 6.09. The van der Waals surface area contributed by atoms with Crippen LogP contribution >= 0.6 is 0 Å². The van der Waals surface area contributed by atoms with Crippen molar-refractivity contribution in [2.24, 2.45) is 0 Å². The summed E-state index contributed by atoms with van der Waals surface area (Å²) in [4.78, 5) is 15.0. The number of carboxylic acid groups (broad SMARTS) is 1. The summed E-state index contributed by atoms with van der Waals surface area (Å²) in [5, 5.41) is 9.02. The molecule has 0 aliphatic heterocycles. The third kappa shape index (κ3) is 1.37. The molecule has 1 heterocycles. The summed E-state index contributed by atoms with van der Waals surface area (Å²) in [6.07, 6.45) is 0. The number of hydrogen-bond donors (Lipinski definition) is 2. The summed E-state index contributed by atoms with van der Waals surface area (Å²) < 4.78 is 13.5. The van der Waals surface area contributed by atoms with E-state index in [4.69, 9.17) is 10.8 Å². The Balaban J connectivity index is 2.96. The van der Waals surface area contributed by atoms with Crippen molar-refractivity contribution in [3.8, 4) is 0 Å². The second kappa shape index (κ2) is 3.44. The SMILES string of the molecule is Cc1nc2cccc(F)c2c(N)c1C(=O)O. The van der Waals surface area contributed by atoms with E-state index >= 15 is 0 Å². The standard InChI is InChI=1S/C11H9FN2O2/c1-5-8(11(15)16)10(13)9-6(12)3-2-4-7(9)14-5/h2-4H,1H3,(H2,13,14)(H,15,16). The molecule has 1 aromatic carbocycles. The minimum absolute atomic E-state index is 0.0606. The number of nitrogen functional groups attached to an aromatic ring is 1. The number of hydrogen-bond acceptors (Lipinski definition) is 3. The molecule has 0 unspecified atom stereocenters. The Morgan fingerprint density at radius 2 is 2.19 bits per heavy atom. The summed E-state index contributed by atoms with van der Waals surface area (Å²) in [6.45, 7) is 1.53. The van der Waals surface area contributed by atoms with E-state index < -0.39 is 11.8 Å². The number of rotatable bonds is 1. The van der Waals surface area contributed by atoms with Gasteiger partial charge >= 0.3 is 5.97 Å². The zero-order valence-electron chi connectivity index (χ0n) is 8.49. The van der Waals surface area contributed by atoms with Crippen LogP contribution in [0.1, 0.15) is 16.1 Å². The molecule has 0 spiro atoms. The predicted molar refractivity (Wildman–Crippen MR) is 57.8 cm³/mol. The number of aromatic carboxylic acids is 1. The van der Waals surface area contributed by atoms with Crippen LogP contribution in [0.2, 0.25) is 0 Å². The number of carboxylic acids is 1. The lowest BCUT2D eigenvalue weighted by Gasteiger charge is -2.08. The predicted octanol–water partition coefficient (Wildman–Crippen LogP) is 1.96. The quantitative estimate of drug-likeness (QED) is 0.770. The third-order valence-electron chi connectivity index (χ3n) is 2.39. The van der Waals surface area contributed by atoms with Gasteiger partial charge < -0.3 is 10.8 Å². The Labute approximate surface area is 90.5 Å². The van der Waals surface area contributed by atoms with E-state index in [0.717, 1.165) is 0 Å². The Kier molecular flexibility index (Phi) is 2.23. The number of pyridine rings is 1. The molecule has 0 amide bonds. The smallest absolute Gasteiger partial charge is 0.339 e. The zero-order valence-corrected chi connectivity index (χ0v) is 8.49. The maximum absolute atomic E-state index is 13.5. The minimum atomic E-state index is -1.20. The lowest BCUT2D eigenvalue weighted by molar-refractivity contribution is 0.0697. The Morgan fingerprint density at radius 1 is 1.50 bits per heavy atom. The molecule has 0 fully saturated rings. The highest BCUT2D eigenvalue weighted by Crippen LogP contribution is 2.27. The van der Waals surface area contributed by atoms with Crippen molar-refractivity contribution in [3.63, 3.8) is 0 Å². The number of nitrogens with two attached hydrogens (primary N) is 1. The van der Waals surface area contributed by atoms with E-state index in [0.29, 0.717) is 5.52 Å². The van der Waals surface area contributed by atoms with Crippen molar-refractivity contribution in [1.82, 2.24) is 4.98 Å². The van der Waals surface area contributed by atoms with E-state index in [1.165, 1.54) is 19.1 Å². The second-order valence-corrected chi connectivity index (χ2v) is 3.43. The fraction of sp³-hybridized carbons (Fsp3) is 0.0909. The Bertz CT molecular complexity index is 596. The Morgan fingerprint density at radius 3 is 2.81 bits per heavy atom. The van der Waals surface area contributed by atoms with Crippen LogP contribution in [-0.4, -0.2) is 16.1 Å². The summed E-state index contributed by atoms with van der Waals surface area (Å²) in [5.74, 6) is -1.77. The van der Waals surface area contributed by atoms with Gasteiger partial charge in [-0.1, -0.05) is 6.07 Å². The maximum Gasteiger partial charge on any atom is 0.339 e. The largest absolute Gasteiger partial charge is 0.478 e. The van der Waals surface area contributed by atoms with E-state index in [-0.39, 0.29) is 22.3 Å². The summed E-state index contributed by atoms with van der Waals surface area (Å²) >= 11 is 0. The first-order valence-electron chi connectivity index (χ1n) is 4.60. The van der Waals surface area contributed by atoms with Gasteiger partial charge in [0.05, 0.1) is 22.3 Å². The molecule has 16 heavy (non-hydrogen) atoms. The molecule has 4 nitrogen and oxygen atoms in total. The molecule has 0 saturated carbocycles. The van der Waals surface area contributed by atoms with E-state index in [9.17, 15) is 9.18 Å². The molecule has 0 atom stereocenters. The molecule has 5 heteroatoms. The number of nitrogens with zero attached hydrogens (tertiary/aromatic N) is 1. The van der Waals surface area contributed by atoms with Crippen LogP contribution < -0.4 is 5.73 Å². The average Bonchev–Trinajstić information content (AvgIpc) is 2.15. The van der Waals surface area contributed by atoms with Crippen LogP contribution in [0, 0.1) is 12.7 Å². The van der Waals surface area contributed by atoms with Gasteiger partial charge in [0.15, 0.2) is 0 Å². The van der Waals surface area contributed by atoms with Gasteiger partial charge in [-0.2, -0.15) is 0 Å². The zero-order chi connectivity index (χ0) is 11.9. The molecule has 0 radical (unpaired) electrons. The normalized spacial score (nSPS) is 10.6. The Hall–Kier alpha value is -2.17. The molecule has 0 aliphatic carbocycles. The van der Waals surface area contributed by atoms with E-state index in [2.05, 4.69) is 4.98 Å². The molecular formula is C11H9FN2O2. The third-order valence-corrected chi connectivity index (χ3v) is 2.39. The summed E-state index contributed by atoms with van der Waals surface area (Å²) in [6, 6.07) is 4.32. The van der Waals surface area contributed by atoms with Crippen LogP contribution in [0.4, 0.5) is 10.1 Å². The second-order valence-electron chi connectivity index (χ2n) is 3.43. The number of anilines is 1. The molecule has 0 saturated heterocycles. The maximum atomic E-state index is 13.5. The fourth-order valence-electron chi connectivity index (χ4n) is 1.70. The van der Waals surface area contributed by atoms with E-state index in [1.807, 2.05) is 0 Å². The van der Waals surface area contributed by atoms with Crippen LogP contribution in [0.5, 0.6) is 0 Å². The lowest BCUT2D eigenvalue weighted by Crippen LogP contribution is -2.08. The highest BCUT2D eigenvalue weighted by molar-refractivity contribution is 6.04. The van der Waals surface area contributed by atoms with Crippen molar-refractivity contribution >= 4 is 22.6 Å². The van der Waals surface area contributed by atoms with Crippen molar-refractivity contribution in [2.45, 2.75) is 6.92 Å². The monoisotopic (exact) mass is 220 g/mol. The number of carbonyl (C=O) groups is 1. The first-order valence-corrected chi connectivity index (χ1v) is 4.60. The number of fused-ring (bicyclic) bond motifs is 1. The van der Waals surface area contributed by atoms with Gasteiger partial charge in [-0.3, -0.25) is 4.98 Å². The van der Waals surface area contributed by atoms with Crippen molar-refractivity contribution in [1.29, 1.82) is 0 Å². The van der Waals surface area contributed by atoms with Crippen LogP contribution in [-0.2, 0) is 0 Å². The molecule has 0 aliphatic rings. The molecule has 2 rings (SSSR count). The lowest BCUT2D eigenvalue weighted by atomic mass is 10.1. The van der Waals surface area contributed by atoms with Gasteiger partial charge in [-0.05, 0) is 19.1 Å². The first-order chi connectivity index (χ1) is 7.52. The van der Waals surface area contributed by atoms with Crippen LogP contribution in [0.15, 0.2) is 18.2 Å². The van der Waals surface area contributed by atoms with Gasteiger partial charge in [0, 0.05) is 0 Å². The van der Waals surface area contributed by atoms with Gasteiger partial charge in [0.2, 0.25) is 0 Å². The summed E-state index contributed by atoms with van der Waals surface area (Å²) in [7, 11) is 0. The van der Waals surface area contributed by atoms with Crippen molar-refractivity contribution < 1.29 is 14.3 Å². The highest BCUT2D eigenvalue weighted by Gasteiger charge is 2.17. The molecule has 0 bridgehead atoms. The van der Waals surface area contributed by atoms with Gasteiger partial charge in [0.1, 0.15) is 11.4 Å². The number of halogens is 1. The van der Waals surface area contributed by atoms with Gasteiger partial charge in [-0.15, -0.1) is 0 Å². The number of benzene rings is 1. The fourth-order valence-corrected chi connectivity index (χ4v) is 1.70. The number of aryl methyl sites for hydroxylation is 1. The molecule has 2 aromatic rings. The molecule has 1 aromatic heterocycles. The topological polar surface area (TPSA) is 76.2 Å². The van der Waals surface area contributed by atoms with Gasteiger partial charge in [0.25, 0.3) is 0 Å². The van der Waals surface area contributed by atoms with Crippen LogP contribution in [0.25, 0.3) is 10.9 Å². The molecule has 82 valence electrons. The molecule has 3 N–H and O–H groups in total. The van der Waals surface area contributed by atoms with Crippen molar-refractivity contribution in [3.05, 3.63) is 35.3 Å². The minimum Gasteiger partial charge on any atom is -0.478 e. The van der Waals surface area contributed by atoms with Crippen molar-refractivity contribution in [2.75, 3.05) is 5.73 Å². The first kappa shape index (κ1) is 10.4.